The monoisotopic (exact) mass is 314 g/mol. The number of aliphatic hydroxyl groups excluding tert-OH is 1. The van der Waals surface area contributed by atoms with Crippen LogP contribution in [0.5, 0.6) is 0 Å². The van der Waals surface area contributed by atoms with Crippen LogP contribution in [0.15, 0.2) is 11.6 Å². The molecule has 21 heavy (non-hydrogen) atoms. The Hall–Kier alpha value is -0.203. The van der Waals surface area contributed by atoms with Gasteiger partial charge in [-0.3, -0.25) is 0 Å². The van der Waals surface area contributed by atoms with Gasteiger partial charge in [0.15, 0.2) is 14.1 Å². The van der Waals surface area contributed by atoms with Crippen LogP contribution in [0.2, 0.25) is 18.1 Å². The second-order valence-corrected chi connectivity index (χ2v) is 12.9. The third-order valence-corrected chi connectivity index (χ3v) is 9.41. The van der Waals surface area contributed by atoms with E-state index in [-0.39, 0.29) is 17.2 Å². The zero-order valence-electron chi connectivity index (χ0n) is 14.4. The summed E-state index contributed by atoms with van der Waals surface area (Å²) in [6.07, 6.45) is 1.71. The first-order valence-electron chi connectivity index (χ1n) is 7.81. The summed E-state index contributed by atoms with van der Waals surface area (Å²) in [5, 5.41) is 10.3. The van der Waals surface area contributed by atoms with Gasteiger partial charge in [-0.1, -0.05) is 26.8 Å². The van der Waals surface area contributed by atoms with Crippen LogP contribution in [-0.4, -0.2) is 44.1 Å². The van der Waals surface area contributed by atoms with E-state index in [1.807, 2.05) is 19.9 Å². The minimum absolute atomic E-state index is 0.127. The molecular formula is C16H30O4Si. The summed E-state index contributed by atoms with van der Waals surface area (Å²) < 4.78 is 17.9. The van der Waals surface area contributed by atoms with Crippen molar-refractivity contribution in [2.45, 2.75) is 83.3 Å². The maximum Gasteiger partial charge on any atom is 0.191 e. The van der Waals surface area contributed by atoms with Gasteiger partial charge in [0.05, 0.1) is 0 Å². The van der Waals surface area contributed by atoms with Crippen LogP contribution in [0, 0.1) is 0 Å². The highest BCUT2D eigenvalue weighted by molar-refractivity contribution is 6.74. The number of fused-ring (bicyclic) bond motifs is 1. The van der Waals surface area contributed by atoms with Gasteiger partial charge in [0.1, 0.15) is 18.3 Å². The van der Waals surface area contributed by atoms with Crippen LogP contribution in [0.25, 0.3) is 0 Å². The molecule has 0 unspecified atom stereocenters. The first-order valence-corrected chi connectivity index (χ1v) is 10.7. The first-order chi connectivity index (χ1) is 9.43. The molecule has 2 aliphatic rings. The van der Waals surface area contributed by atoms with Crippen LogP contribution >= 0.6 is 0 Å². The molecule has 1 aliphatic carbocycles. The van der Waals surface area contributed by atoms with E-state index < -0.39 is 20.2 Å². The van der Waals surface area contributed by atoms with Crippen molar-refractivity contribution in [3.8, 4) is 0 Å². The Morgan fingerprint density at radius 2 is 1.90 bits per heavy atom. The average molecular weight is 314 g/mol. The molecule has 3 atom stereocenters. The highest BCUT2D eigenvalue weighted by Crippen LogP contribution is 2.40. The van der Waals surface area contributed by atoms with Crippen molar-refractivity contribution in [3.05, 3.63) is 11.6 Å². The standard InChI is InChI=1S/C16H30O4Si/c1-15(2,3)21(6,7)18-9-8-11-10-12(17)14-13(11)19-16(4,5)20-14/h10,12-14,17H,8-9H2,1-7H3/t12-,13+,14-/m0/s1. The molecule has 0 amide bonds. The SMILES string of the molecule is CC1(C)O[C@@H]2[C@H](O1)C(CCO[Si](C)(C)C(C)(C)C)=C[C@@H]2O. The molecule has 0 aromatic carbocycles. The molecule has 0 bridgehead atoms. The molecule has 1 saturated heterocycles. The molecule has 1 fully saturated rings. The Morgan fingerprint density at radius 1 is 1.29 bits per heavy atom. The van der Waals surface area contributed by atoms with Crippen LogP contribution in [-0.2, 0) is 13.9 Å². The van der Waals surface area contributed by atoms with Crippen molar-refractivity contribution in [2.24, 2.45) is 0 Å². The fraction of sp³-hybridized carbons (Fsp3) is 0.875. The fourth-order valence-electron chi connectivity index (χ4n) is 2.60. The molecule has 0 radical (unpaired) electrons. The van der Waals surface area contributed by atoms with Gasteiger partial charge in [0, 0.05) is 6.61 Å². The van der Waals surface area contributed by atoms with Crippen molar-refractivity contribution < 1.29 is 19.0 Å². The number of rotatable bonds is 4. The van der Waals surface area contributed by atoms with E-state index in [0.717, 1.165) is 12.0 Å². The van der Waals surface area contributed by atoms with E-state index in [1.54, 1.807) is 0 Å². The Kier molecular flexibility index (Phi) is 4.46. The van der Waals surface area contributed by atoms with Crippen molar-refractivity contribution in [3.63, 3.8) is 0 Å². The molecule has 1 heterocycles. The van der Waals surface area contributed by atoms with Crippen molar-refractivity contribution in [1.82, 2.24) is 0 Å². The van der Waals surface area contributed by atoms with Crippen molar-refractivity contribution >= 4 is 8.32 Å². The lowest BCUT2D eigenvalue weighted by atomic mass is 10.1. The van der Waals surface area contributed by atoms with Crippen molar-refractivity contribution in [1.29, 1.82) is 0 Å². The number of hydrogen-bond donors (Lipinski definition) is 1. The first kappa shape index (κ1) is 17.2. The van der Waals surface area contributed by atoms with Crippen LogP contribution < -0.4 is 0 Å². The van der Waals surface area contributed by atoms with Crippen molar-refractivity contribution in [2.75, 3.05) is 6.61 Å². The van der Waals surface area contributed by atoms with E-state index in [0.29, 0.717) is 6.61 Å². The zero-order valence-corrected chi connectivity index (χ0v) is 15.4. The lowest BCUT2D eigenvalue weighted by Gasteiger charge is -2.36. The second-order valence-electron chi connectivity index (χ2n) is 8.11. The maximum absolute atomic E-state index is 10.1. The summed E-state index contributed by atoms with van der Waals surface area (Å²) >= 11 is 0. The molecular weight excluding hydrogens is 284 g/mol. The lowest BCUT2D eigenvalue weighted by molar-refractivity contribution is -0.152. The molecule has 1 N–H and O–H groups in total. The van der Waals surface area contributed by atoms with Gasteiger partial charge in [0.2, 0.25) is 0 Å². The smallest absolute Gasteiger partial charge is 0.191 e. The molecule has 2 rings (SSSR count). The van der Waals surface area contributed by atoms with Crippen LogP contribution in [0.3, 0.4) is 0 Å². The van der Waals surface area contributed by atoms with Gasteiger partial charge < -0.3 is 19.0 Å². The molecule has 122 valence electrons. The summed E-state index contributed by atoms with van der Waals surface area (Å²) in [4.78, 5) is 0. The van der Waals surface area contributed by atoms with Gasteiger partial charge in [-0.05, 0) is 44.0 Å². The highest BCUT2D eigenvalue weighted by atomic mass is 28.4. The molecule has 0 saturated carbocycles. The molecule has 0 aromatic heterocycles. The summed E-state index contributed by atoms with van der Waals surface area (Å²) in [6.45, 7) is 15.7. The van der Waals surface area contributed by atoms with E-state index in [9.17, 15) is 5.11 Å². The van der Waals surface area contributed by atoms with Gasteiger partial charge in [0.25, 0.3) is 0 Å². The number of ether oxygens (including phenoxy) is 2. The minimum atomic E-state index is -1.72. The Balaban J connectivity index is 1.92. The van der Waals surface area contributed by atoms with Gasteiger partial charge in [-0.2, -0.15) is 0 Å². The number of aliphatic hydroxyl groups is 1. The molecule has 1 aliphatic heterocycles. The predicted molar refractivity (Wildman–Crippen MR) is 85.7 cm³/mol. The van der Waals surface area contributed by atoms with Gasteiger partial charge in [-0.15, -0.1) is 0 Å². The molecule has 4 nitrogen and oxygen atoms in total. The summed E-state index contributed by atoms with van der Waals surface area (Å²) in [6, 6.07) is 0. The molecule has 0 spiro atoms. The predicted octanol–water partition coefficient (Wildman–Crippen LogP) is 3.22. The minimum Gasteiger partial charge on any atom is -0.417 e. The normalized spacial score (nSPS) is 32.2. The summed E-state index contributed by atoms with van der Waals surface area (Å²) in [5.41, 5.74) is 1.11. The zero-order chi connectivity index (χ0) is 16.1. The van der Waals surface area contributed by atoms with E-state index in [4.69, 9.17) is 13.9 Å². The highest BCUT2D eigenvalue weighted by Gasteiger charge is 2.49. The molecule has 0 aromatic rings. The van der Waals surface area contributed by atoms with Crippen LogP contribution in [0.4, 0.5) is 0 Å². The Labute approximate surface area is 129 Å². The maximum atomic E-state index is 10.1. The molecule has 5 heteroatoms. The quantitative estimate of drug-likeness (QED) is 0.639. The lowest BCUT2D eigenvalue weighted by Crippen LogP contribution is -2.41. The van der Waals surface area contributed by atoms with Gasteiger partial charge in [-0.25, -0.2) is 0 Å². The second kappa shape index (κ2) is 5.46. The van der Waals surface area contributed by atoms with E-state index >= 15 is 0 Å². The van der Waals surface area contributed by atoms with E-state index in [1.165, 1.54) is 0 Å². The topological polar surface area (TPSA) is 47.9 Å². The largest absolute Gasteiger partial charge is 0.417 e. The van der Waals surface area contributed by atoms with Crippen LogP contribution in [0.1, 0.15) is 41.0 Å². The van der Waals surface area contributed by atoms with E-state index in [2.05, 4.69) is 33.9 Å². The Bertz CT molecular complexity index is 422. The summed E-state index contributed by atoms with van der Waals surface area (Å²) in [7, 11) is -1.72. The summed E-state index contributed by atoms with van der Waals surface area (Å²) in [5.74, 6) is -0.615. The third-order valence-electron chi connectivity index (χ3n) is 4.88. The fourth-order valence-corrected chi connectivity index (χ4v) is 3.65. The average Bonchev–Trinajstić information content (AvgIpc) is 2.74. The number of hydrogen-bond acceptors (Lipinski definition) is 4. The Morgan fingerprint density at radius 3 is 2.48 bits per heavy atom. The third kappa shape index (κ3) is 3.59. The van der Waals surface area contributed by atoms with Gasteiger partial charge >= 0.3 is 0 Å².